The number of rotatable bonds is 0. The van der Waals surface area contributed by atoms with Crippen LogP contribution in [-0.4, -0.2) is 0 Å². The highest BCUT2D eigenvalue weighted by Gasteiger charge is 2.11. The van der Waals surface area contributed by atoms with Crippen molar-refractivity contribution >= 4 is 0 Å². The Kier molecular flexibility index (Phi) is 12.9. The minimum absolute atomic E-state index is 0.0450. The molecule has 6 heteroatoms. The smallest absolute Gasteiger partial charge is 0.143 e. The first-order valence-corrected chi connectivity index (χ1v) is 17.4. The first kappa shape index (κ1) is 40.3. The van der Waals surface area contributed by atoms with Gasteiger partial charge in [0.05, 0.1) is 16.7 Å². The first-order valence-electron chi connectivity index (χ1n) is 17.4. The van der Waals surface area contributed by atoms with E-state index < -0.39 is 40.5 Å². The van der Waals surface area contributed by atoms with Gasteiger partial charge >= 0.3 is 0 Å². The van der Waals surface area contributed by atoms with Gasteiger partial charge in [0.15, 0.2) is 0 Å². The van der Waals surface area contributed by atoms with E-state index in [4.69, 9.17) is 0 Å². The van der Waals surface area contributed by atoms with E-state index in [0.717, 1.165) is 63.2 Å². The van der Waals surface area contributed by atoms with Crippen LogP contribution in [-0.2, 0) is 0 Å². The second-order valence-corrected chi connectivity index (χ2v) is 13.2. The summed E-state index contributed by atoms with van der Waals surface area (Å²) in [4.78, 5) is 0. The van der Waals surface area contributed by atoms with Crippen LogP contribution in [0.1, 0.15) is 77.9 Å². The molecular formula is C50H34F6. The molecule has 0 N–H and O–H groups in total. The van der Waals surface area contributed by atoms with Gasteiger partial charge in [0.25, 0.3) is 0 Å². The Bertz CT molecular complexity index is 2660. The van der Waals surface area contributed by atoms with Crippen LogP contribution in [0.25, 0.3) is 0 Å². The Morgan fingerprint density at radius 3 is 1.00 bits per heavy atom. The summed E-state index contributed by atoms with van der Waals surface area (Å²) in [6, 6.07) is 25.7. The molecule has 0 atom stereocenters. The van der Waals surface area contributed by atoms with Gasteiger partial charge in [-0.1, -0.05) is 100 Å². The Morgan fingerprint density at radius 1 is 0.286 bits per heavy atom. The third-order valence-electron chi connectivity index (χ3n) is 8.41. The molecule has 6 rings (SSSR count). The van der Waals surface area contributed by atoms with E-state index in [2.05, 4.69) is 47.4 Å². The van der Waals surface area contributed by atoms with Gasteiger partial charge in [-0.3, -0.25) is 0 Å². The molecule has 0 unspecified atom stereocenters. The number of aryl methyl sites for hydroxylation is 6. The van der Waals surface area contributed by atoms with Crippen molar-refractivity contribution < 1.29 is 26.3 Å². The quantitative estimate of drug-likeness (QED) is 0.107. The molecule has 0 spiro atoms. The van der Waals surface area contributed by atoms with Crippen LogP contribution < -0.4 is 0 Å². The molecule has 276 valence electrons. The monoisotopic (exact) mass is 748 g/mol. The predicted octanol–water partition coefficient (Wildman–Crippen LogP) is 11.7. The van der Waals surface area contributed by atoms with Gasteiger partial charge in [0.2, 0.25) is 0 Å². The SMILES string of the molecule is Cc1ccc(C#Cc2c(F)cc(C#Cc3c(F)cc(C)cc3F)cc2F)c(C)c1.Cc1ccc(C#Cc2cc(F)c(C#Cc3ccc(C)cc3C)c(F)c2)cc1. The standard InChI is InChI=1S/C25H16F4.C25H18F2/c1-15-4-6-19(17(3)10-15)7-9-21-24(28)13-18(14-25(21)29)5-8-20-22(26)11-16(2)12-23(20)27;1-17-4-7-20(8-5-17)9-10-21-15-24(26)23(25(27)16-21)13-12-22-11-6-18(2)14-19(22)3/h4,6,10-14H,1-3H3;4-8,11,14-16H,1-3H3. The van der Waals surface area contributed by atoms with Crippen molar-refractivity contribution in [3.63, 3.8) is 0 Å². The lowest BCUT2D eigenvalue weighted by molar-refractivity contribution is 0.575. The van der Waals surface area contributed by atoms with Crippen molar-refractivity contribution in [3.8, 4) is 47.4 Å². The fraction of sp³-hybridized carbons (Fsp3) is 0.120. The van der Waals surface area contributed by atoms with Crippen LogP contribution in [0, 0.1) is 124 Å². The predicted molar refractivity (Wildman–Crippen MR) is 211 cm³/mol. The van der Waals surface area contributed by atoms with Crippen LogP contribution in [0.3, 0.4) is 0 Å². The Balaban J connectivity index is 0.000000215. The number of hydrogen-bond acceptors (Lipinski definition) is 0. The van der Waals surface area contributed by atoms with Crippen LogP contribution in [0.4, 0.5) is 26.3 Å². The van der Waals surface area contributed by atoms with Crippen molar-refractivity contribution in [1.29, 1.82) is 0 Å². The summed E-state index contributed by atoms with van der Waals surface area (Å²) in [6.07, 6.45) is 0. The highest BCUT2D eigenvalue weighted by Crippen LogP contribution is 2.19. The average Bonchev–Trinajstić information content (AvgIpc) is 3.12. The van der Waals surface area contributed by atoms with Gasteiger partial charge in [0.1, 0.15) is 34.9 Å². The molecule has 0 bridgehead atoms. The number of hydrogen-bond donors (Lipinski definition) is 0. The summed E-state index contributed by atoms with van der Waals surface area (Å²) in [7, 11) is 0. The van der Waals surface area contributed by atoms with Crippen molar-refractivity contribution in [2.24, 2.45) is 0 Å². The van der Waals surface area contributed by atoms with E-state index in [9.17, 15) is 26.3 Å². The van der Waals surface area contributed by atoms with E-state index in [1.165, 1.54) is 12.1 Å². The van der Waals surface area contributed by atoms with Crippen LogP contribution in [0.5, 0.6) is 0 Å². The molecule has 0 aliphatic rings. The van der Waals surface area contributed by atoms with Crippen molar-refractivity contribution in [2.45, 2.75) is 41.5 Å². The van der Waals surface area contributed by atoms with Crippen LogP contribution in [0.2, 0.25) is 0 Å². The van der Waals surface area contributed by atoms with Crippen LogP contribution in [0.15, 0.2) is 97.1 Å². The maximum atomic E-state index is 14.4. The molecule has 0 aliphatic carbocycles. The number of halogens is 6. The van der Waals surface area contributed by atoms with Crippen molar-refractivity contribution in [2.75, 3.05) is 0 Å². The molecule has 6 aromatic carbocycles. The summed E-state index contributed by atoms with van der Waals surface area (Å²) < 4.78 is 85.1. The zero-order valence-corrected chi connectivity index (χ0v) is 31.5. The summed E-state index contributed by atoms with van der Waals surface area (Å²) in [5, 5.41) is 0. The third-order valence-corrected chi connectivity index (χ3v) is 8.41. The summed E-state index contributed by atoms with van der Waals surface area (Å²) in [6.45, 7) is 11.3. The zero-order valence-electron chi connectivity index (χ0n) is 31.5. The Morgan fingerprint density at radius 2 is 0.607 bits per heavy atom. The van der Waals surface area contributed by atoms with E-state index in [-0.39, 0.29) is 22.3 Å². The lowest BCUT2D eigenvalue weighted by Gasteiger charge is -2.01. The first-order chi connectivity index (χ1) is 26.7. The van der Waals surface area contributed by atoms with Crippen LogP contribution >= 0.6 is 0 Å². The van der Waals surface area contributed by atoms with E-state index in [1.54, 1.807) is 13.0 Å². The van der Waals surface area contributed by atoms with E-state index >= 15 is 0 Å². The molecule has 0 nitrogen and oxygen atoms in total. The molecule has 0 aromatic heterocycles. The average molecular weight is 749 g/mol. The second-order valence-electron chi connectivity index (χ2n) is 13.2. The fourth-order valence-corrected chi connectivity index (χ4v) is 5.43. The highest BCUT2D eigenvalue weighted by atomic mass is 19.2. The van der Waals surface area contributed by atoms with Gasteiger partial charge in [0, 0.05) is 27.8 Å². The van der Waals surface area contributed by atoms with Gasteiger partial charge in [-0.15, -0.1) is 0 Å². The Labute approximate surface area is 324 Å². The van der Waals surface area contributed by atoms with Gasteiger partial charge in [-0.05, 0) is 119 Å². The Hall–Kier alpha value is -6.86. The maximum Gasteiger partial charge on any atom is 0.143 e. The second kappa shape index (κ2) is 18.0. The molecule has 0 aliphatic heterocycles. The van der Waals surface area contributed by atoms with Gasteiger partial charge in [-0.25, -0.2) is 26.3 Å². The highest BCUT2D eigenvalue weighted by molar-refractivity contribution is 5.53. The fourth-order valence-electron chi connectivity index (χ4n) is 5.43. The largest absolute Gasteiger partial charge is 0.206 e. The van der Waals surface area contributed by atoms with Gasteiger partial charge < -0.3 is 0 Å². The zero-order chi connectivity index (χ0) is 40.5. The molecule has 0 heterocycles. The number of benzene rings is 6. The summed E-state index contributed by atoms with van der Waals surface area (Å²) in [5.41, 5.74) is 6.98. The van der Waals surface area contributed by atoms with Crippen molar-refractivity contribution in [3.05, 3.63) is 210 Å². The molecule has 56 heavy (non-hydrogen) atoms. The lowest BCUT2D eigenvalue weighted by atomic mass is 10.0. The molecule has 0 amide bonds. The maximum absolute atomic E-state index is 14.4. The van der Waals surface area contributed by atoms with E-state index in [1.807, 2.05) is 89.2 Å². The van der Waals surface area contributed by atoms with E-state index in [0.29, 0.717) is 11.1 Å². The minimum Gasteiger partial charge on any atom is -0.206 e. The van der Waals surface area contributed by atoms with Gasteiger partial charge in [-0.2, -0.15) is 0 Å². The molecule has 0 saturated heterocycles. The molecule has 6 aromatic rings. The molecular weight excluding hydrogens is 715 g/mol. The summed E-state index contributed by atoms with van der Waals surface area (Å²) in [5.74, 6) is 16.3. The van der Waals surface area contributed by atoms with Crippen molar-refractivity contribution in [1.82, 2.24) is 0 Å². The normalized spacial score (nSPS) is 9.93. The minimum atomic E-state index is -0.892. The molecule has 0 fully saturated rings. The molecule has 0 saturated carbocycles. The molecule has 0 radical (unpaired) electrons. The third kappa shape index (κ3) is 10.6. The summed E-state index contributed by atoms with van der Waals surface area (Å²) >= 11 is 0. The topological polar surface area (TPSA) is 0 Å². The lowest BCUT2D eigenvalue weighted by Crippen LogP contribution is -1.94.